The summed E-state index contributed by atoms with van der Waals surface area (Å²) in [6.45, 7) is 2.31. The van der Waals surface area contributed by atoms with Crippen LogP contribution in [0.25, 0.3) is 16.9 Å². The van der Waals surface area contributed by atoms with Gasteiger partial charge in [0, 0.05) is 5.56 Å². The lowest BCUT2D eigenvalue weighted by atomic mass is 10.0. The first-order valence-corrected chi connectivity index (χ1v) is 6.92. The van der Waals surface area contributed by atoms with Gasteiger partial charge in [-0.15, -0.1) is 0 Å². The molecule has 3 heterocycles. The number of imidazole rings is 1. The van der Waals surface area contributed by atoms with E-state index >= 15 is 0 Å². The van der Waals surface area contributed by atoms with Gasteiger partial charge in [0.1, 0.15) is 4.60 Å². The van der Waals surface area contributed by atoms with Crippen molar-refractivity contribution in [2.24, 2.45) is 0 Å². The van der Waals surface area contributed by atoms with Crippen LogP contribution in [0.2, 0.25) is 0 Å². The summed E-state index contributed by atoms with van der Waals surface area (Å²) in [4.78, 5) is 4.24. The van der Waals surface area contributed by atoms with Crippen LogP contribution < -0.4 is 9.47 Å². The molecule has 0 radical (unpaired) electrons. The van der Waals surface area contributed by atoms with E-state index in [1.807, 2.05) is 31.2 Å². The van der Waals surface area contributed by atoms with Crippen molar-refractivity contribution in [2.45, 2.75) is 6.92 Å². The third kappa shape index (κ3) is 1.68. The van der Waals surface area contributed by atoms with Gasteiger partial charge in [0.15, 0.2) is 17.1 Å². The Morgan fingerprint density at radius 2 is 2.00 bits per heavy atom. The molecule has 0 spiro atoms. The maximum absolute atomic E-state index is 5.43. The van der Waals surface area contributed by atoms with E-state index in [2.05, 4.69) is 26.0 Å². The number of benzene rings is 1. The third-order valence-electron chi connectivity index (χ3n) is 3.32. The monoisotopic (exact) mass is 331 g/mol. The van der Waals surface area contributed by atoms with E-state index < -0.39 is 0 Å². The lowest BCUT2D eigenvalue weighted by molar-refractivity contribution is 0.174. The first kappa shape index (κ1) is 11.7. The van der Waals surface area contributed by atoms with Crippen LogP contribution in [-0.4, -0.2) is 21.4 Å². The zero-order valence-corrected chi connectivity index (χ0v) is 12.2. The van der Waals surface area contributed by atoms with E-state index in [0.717, 1.165) is 38.6 Å². The summed E-state index contributed by atoms with van der Waals surface area (Å²) in [5, 5.41) is 4.60. The Kier molecular flexibility index (Phi) is 2.47. The molecule has 0 aliphatic carbocycles. The van der Waals surface area contributed by atoms with Crippen molar-refractivity contribution < 1.29 is 9.47 Å². The summed E-state index contributed by atoms with van der Waals surface area (Å²) in [7, 11) is 0. The molecule has 0 bridgehead atoms. The summed E-state index contributed by atoms with van der Waals surface area (Å²) in [6, 6.07) is 7.85. The molecule has 0 atom stereocenters. The average Bonchev–Trinajstić information content (AvgIpc) is 3.04. The Morgan fingerprint density at radius 1 is 1.20 bits per heavy atom. The number of nitrogens with zero attached hydrogens (tertiary/aromatic N) is 3. The summed E-state index contributed by atoms with van der Waals surface area (Å²) in [5.74, 6) is 1.55. The van der Waals surface area contributed by atoms with Crippen LogP contribution >= 0.6 is 15.9 Å². The van der Waals surface area contributed by atoms with Crippen LogP contribution in [0.1, 0.15) is 5.56 Å². The lowest BCUT2D eigenvalue weighted by Gasteiger charge is -2.07. The predicted octanol–water partition coefficient (Wildman–Crippen LogP) is 3.20. The zero-order chi connectivity index (χ0) is 13.7. The molecule has 1 aliphatic rings. The third-order valence-corrected chi connectivity index (χ3v) is 3.86. The molecule has 1 aliphatic heterocycles. The number of halogens is 1. The SMILES string of the molecule is Cc1cc2c(cc1-c1ccc3ncc(Br)n3n1)OCO2. The molecule has 0 unspecified atom stereocenters. The van der Waals surface area contributed by atoms with Gasteiger partial charge < -0.3 is 9.47 Å². The molecule has 0 saturated carbocycles. The van der Waals surface area contributed by atoms with Gasteiger partial charge in [-0.2, -0.15) is 5.10 Å². The van der Waals surface area contributed by atoms with Crippen LogP contribution in [0.4, 0.5) is 0 Å². The second kappa shape index (κ2) is 4.21. The van der Waals surface area contributed by atoms with Crippen molar-refractivity contribution in [3.8, 4) is 22.8 Å². The van der Waals surface area contributed by atoms with Gasteiger partial charge >= 0.3 is 0 Å². The normalized spacial score (nSPS) is 13.1. The van der Waals surface area contributed by atoms with Gasteiger partial charge in [-0.05, 0) is 52.7 Å². The highest BCUT2D eigenvalue weighted by Gasteiger charge is 2.17. The van der Waals surface area contributed by atoms with Crippen molar-refractivity contribution in [3.63, 3.8) is 0 Å². The molecule has 4 rings (SSSR count). The minimum atomic E-state index is 0.276. The van der Waals surface area contributed by atoms with E-state index in [1.165, 1.54) is 0 Å². The van der Waals surface area contributed by atoms with Crippen molar-refractivity contribution in [1.29, 1.82) is 0 Å². The number of rotatable bonds is 1. The summed E-state index contributed by atoms with van der Waals surface area (Å²) < 4.78 is 13.4. The van der Waals surface area contributed by atoms with Crippen molar-refractivity contribution in [1.82, 2.24) is 14.6 Å². The summed E-state index contributed by atoms with van der Waals surface area (Å²) in [6.07, 6.45) is 1.73. The van der Waals surface area contributed by atoms with E-state index in [9.17, 15) is 0 Å². The second-order valence-corrected chi connectivity index (χ2v) is 5.40. The molecular weight excluding hydrogens is 322 g/mol. The minimum Gasteiger partial charge on any atom is -0.454 e. The quantitative estimate of drug-likeness (QED) is 0.687. The van der Waals surface area contributed by atoms with Crippen molar-refractivity contribution in [3.05, 3.63) is 40.6 Å². The summed E-state index contributed by atoms with van der Waals surface area (Å²) in [5.41, 5.74) is 3.79. The van der Waals surface area contributed by atoms with E-state index in [0.29, 0.717) is 0 Å². The second-order valence-electron chi connectivity index (χ2n) is 4.59. The molecule has 3 aromatic rings. The van der Waals surface area contributed by atoms with E-state index in [-0.39, 0.29) is 6.79 Å². The van der Waals surface area contributed by atoms with Crippen LogP contribution in [0.15, 0.2) is 35.1 Å². The lowest BCUT2D eigenvalue weighted by Crippen LogP contribution is -1.96. The Labute approximate surface area is 123 Å². The number of hydrogen-bond donors (Lipinski definition) is 0. The average molecular weight is 332 g/mol. The maximum atomic E-state index is 5.43. The van der Waals surface area contributed by atoms with Crippen molar-refractivity contribution in [2.75, 3.05) is 6.79 Å². The predicted molar refractivity (Wildman–Crippen MR) is 77.0 cm³/mol. The van der Waals surface area contributed by atoms with Crippen LogP contribution in [0.3, 0.4) is 0 Å². The molecule has 6 heteroatoms. The molecular formula is C14H10BrN3O2. The number of ether oxygens (including phenoxy) is 2. The zero-order valence-electron chi connectivity index (χ0n) is 10.6. The minimum absolute atomic E-state index is 0.276. The van der Waals surface area contributed by atoms with Gasteiger partial charge in [0.05, 0.1) is 11.9 Å². The van der Waals surface area contributed by atoms with Crippen LogP contribution in [0, 0.1) is 6.92 Å². The van der Waals surface area contributed by atoms with Gasteiger partial charge in [-0.3, -0.25) is 0 Å². The fraction of sp³-hybridized carbons (Fsp3) is 0.143. The standard InChI is InChI=1S/C14H10BrN3O2/c1-8-4-11-12(20-7-19-11)5-9(8)10-2-3-14-16-6-13(15)18(14)17-10/h2-6H,7H2,1H3. The molecule has 0 N–H and O–H groups in total. The highest BCUT2D eigenvalue weighted by Crippen LogP contribution is 2.37. The molecule has 2 aromatic heterocycles. The fourth-order valence-electron chi connectivity index (χ4n) is 2.31. The fourth-order valence-corrected chi connectivity index (χ4v) is 2.67. The number of aryl methyl sites for hydroxylation is 1. The highest BCUT2D eigenvalue weighted by atomic mass is 79.9. The maximum Gasteiger partial charge on any atom is 0.231 e. The molecule has 100 valence electrons. The smallest absolute Gasteiger partial charge is 0.231 e. The summed E-state index contributed by atoms with van der Waals surface area (Å²) >= 11 is 3.44. The Bertz CT molecular complexity index is 829. The van der Waals surface area contributed by atoms with Gasteiger partial charge in [0.25, 0.3) is 0 Å². The van der Waals surface area contributed by atoms with Gasteiger partial charge in [0.2, 0.25) is 6.79 Å². The van der Waals surface area contributed by atoms with E-state index in [4.69, 9.17) is 9.47 Å². The van der Waals surface area contributed by atoms with Gasteiger partial charge in [-0.25, -0.2) is 9.50 Å². The molecule has 0 saturated heterocycles. The molecule has 1 aromatic carbocycles. The van der Waals surface area contributed by atoms with E-state index in [1.54, 1.807) is 10.7 Å². The Balaban J connectivity index is 1.92. The molecule has 20 heavy (non-hydrogen) atoms. The molecule has 5 nitrogen and oxygen atoms in total. The largest absolute Gasteiger partial charge is 0.454 e. The molecule has 0 fully saturated rings. The molecule has 0 amide bonds. The first-order chi connectivity index (χ1) is 9.72. The van der Waals surface area contributed by atoms with Gasteiger partial charge in [-0.1, -0.05) is 0 Å². The number of hydrogen-bond acceptors (Lipinski definition) is 4. The number of fused-ring (bicyclic) bond motifs is 2. The van der Waals surface area contributed by atoms with Crippen LogP contribution in [0.5, 0.6) is 11.5 Å². The Morgan fingerprint density at radius 3 is 2.85 bits per heavy atom. The van der Waals surface area contributed by atoms with Crippen molar-refractivity contribution >= 4 is 21.6 Å². The topological polar surface area (TPSA) is 48.7 Å². The highest BCUT2D eigenvalue weighted by molar-refractivity contribution is 9.10. The van der Waals surface area contributed by atoms with Crippen LogP contribution in [-0.2, 0) is 0 Å². The Hall–Kier alpha value is -2.08. The first-order valence-electron chi connectivity index (χ1n) is 6.13. The number of aromatic nitrogens is 3.